The third kappa shape index (κ3) is 3.69. The molecule has 2 aromatic carbocycles. The Morgan fingerprint density at radius 1 is 1.14 bits per heavy atom. The number of benzene rings is 2. The molecule has 3 heteroatoms. The summed E-state index contributed by atoms with van der Waals surface area (Å²) >= 11 is 5.86. The van der Waals surface area contributed by atoms with Gasteiger partial charge in [0.2, 0.25) is 5.91 Å². The van der Waals surface area contributed by atoms with Gasteiger partial charge in [-0.25, -0.2) is 0 Å². The van der Waals surface area contributed by atoms with Gasteiger partial charge in [0.25, 0.3) is 0 Å². The third-order valence-corrected chi connectivity index (χ3v) is 4.57. The zero-order chi connectivity index (χ0) is 15.4. The van der Waals surface area contributed by atoms with E-state index in [1.54, 1.807) is 0 Å². The molecule has 3 rings (SSSR count). The normalized spacial score (nSPS) is 16.9. The second-order valence-electron chi connectivity index (χ2n) is 5.90. The summed E-state index contributed by atoms with van der Waals surface area (Å²) in [4.78, 5) is 12.1. The van der Waals surface area contributed by atoms with Gasteiger partial charge >= 0.3 is 0 Å². The number of hydrogen-bond acceptors (Lipinski definition) is 1. The Bertz CT molecular complexity index is 651. The first-order chi connectivity index (χ1) is 10.7. The molecule has 0 saturated heterocycles. The van der Waals surface area contributed by atoms with Crippen LogP contribution in [0, 0.1) is 0 Å². The molecule has 0 aliphatic heterocycles. The van der Waals surface area contributed by atoms with Crippen LogP contribution in [0.1, 0.15) is 35.4 Å². The van der Waals surface area contributed by atoms with E-state index in [9.17, 15) is 4.79 Å². The molecule has 1 aliphatic rings. The molecule has 2 aromatic rings. The minimum absolute atomic E-state index is 0.0744. The van der Waals surface area contributed by atoms with Crippen molar-refractivity contribution < 1.29 is 4.79 Å². The van der Waals surface area contributed by atoms with Crippen molar-refractivity contribution in [1.82, 2.24) is 5.32 Å². The molecular formula is C19H20ClNO. The van der Waals surface area contributed by atoms with E-state index in [0.717, 1.165) is 24.9 Å². The number of nitrogens with one attached hydrogen (secondary N) is 1. The van der Waals surface area contributed by atoms with Gasteiger partial charge in [-0.15, -0.1) is 0 Å². The van der Waals surface area contributed by atoms with Crippen LogP contribution in [0.15, 0.2) is 48.5 Å². The quantitative estimate of drug-likeness (QED) is 0.904. The van der Waals surface area contributed by atoms with Crippen molar-refractivity contribution in [2.24, 2.45) is 0 Å². The Kier molecular flexibility index (Phi) is 4.79. The first kappa shape index (κ1) is 15.1. The van der Waals surface area contributed by atoms with Crippen LogP contribution in [-0.4, -0.2) is 12.5 Å². The van der Waals surface area contributed by atoms with Crippen LogP contribution >= 0.6 is 11.6 Å². The zero-order valence-electron chi connectivity index (χ0n) is 12.5. The summed E-state index contributed by atoms with van der Waals surface area (Å²) in [6.45, 7) is 0.726. The summed E-state index contributed by atoms with van der Waals surface area (Å²) in [6.07, 6.45) is 3.92. The predicted octanol–water partition coefficient (Wildman–Crippen LogP) is 4.12. The number of halogens is 1. The van der Waals surface area contributed by atoms with Crippen molar-refractivity contribution in [3.8, 4) is 0 Å². The third-order valence-electron chi connectivity index (χ3n) is 4.32. The molecule has 1 aliphatic carbocycles. The molecule has 0 saturated carbocycles. The van der Waals surface area contributed by atoms with Crippen LogP contribution in [0.5, 0.6) is 0 Å². The van der Waals surface area contributed by atoms with E-state index in [4.69, 9.17) is 11.6 Å². The van der Waals surface area contributed by atoms with Crippen molar-refractivity contribution in [3.05, 3.63) is 70.2 Å². The van der Waals surface area contributed by atoms with Crippen molar-refractivity contribution in [3.63, 3.8) is 0 Å². The molecule has 1 unspecified atom stereocenters. The van der Waals surface area contributed by atoms with Gasteiger partial charge in [-0.2, -0.15) is 0 Å². The van der Waals surface area contributed by atoms with E-state index in [2.05, 4.69) is 29.6 Å². The minimum atomic E-state index is 0.0744. The van der Waals surface area contributed by atoms with Crippen LogP contribution in [0.25, 0.3) is 0 Å². The van der Waals surface area contributed by atoms with Crippen LogP contribution in [0.4, 0.5) is 0 Å². The van der Waals surface area contributed by atoms with E-state index in [0.29, 0.717) is 17.4 Å². The van der Waals surface area contributed by atoms with Gasteiger partial charge in [0.15, 0.2) is 0 Å². The highest BCUT2D eigenvalue weighted by Gasteiger charge is 2.20. The summed E-state index contributed by atoms with van der Waals surface area (Å²) in [5.74, 6) is 0.518. The zero-order valence-corrected chi connectivity index (χ0v) is 13.3. The summed E-state index contributed by atoms with van der Waals surface area (Å²) in [5, 5.41) is 3.78. The summed E-state index contributed by atoms with van der Waals surface area (Å²) in [5.41, 5.74) is 3.83. The summed E-state index contributed by atoms with van der Waals surface area (Å²) in [7, 11) is 0. The maximum atomic E-state index is 12.1. The minimum Gasteiger partial charge on any atom is -0.355 e. The molecule has 0 radical (unpaired) electrons. The Balaban J connectivity index is 1.56. The Morgan fingerprint density at radius 2 is 1.91 bits per heavy atom. The Hall–Kier alpha value is -1.80. The topological polar surface area (TPSA) is 29.1 Å². The van der Waals surface area contributed by atoms with E-state index in [-0.39, 0.29) is 5.91 Å². The SMILES string of the molecule is O=C(Cc1ccc(Cl)cc1)NCC1CCCc2ccccc21. The number of aryl methyl sites for hydroxylation is 1. The standard InChI is InChI=1S/C19H20ClNO/c20-17-10-8-14(9-11-17)12-19(22)21-13-16-6-3-5-15-4-1-2-7-18(15)16/h1-2,4,7-11,16H,3,5-6,12-13H2,(H,21,22). The predicted molar refractivity (Wildman–Crippen MR) is 90.3 cm³/mol. The molecule has 0 aromatic heterocycles. The molecule has 1 atom stereocenters. The molecule has 114 valence electrons. The van der Waals surface area contributed by atoms with E-state index >= 15 is 0 Å². The van der Waals surface area contributed by atoms with Crippen LogP contribution in [-0.2, 0) is 17.6 Å². The van der Waals surface area contributed by atoms with Crippen LogP contribution in [0.2, 0.25) is 5.02 Å². The van der Waals surface area contributed by atoms with Gasteiger partial charge in [-0.3, -0.25) is 4.79 Å². The van der Waals surface area contributed by atoms with Gasteiger partial charge in [-0.1, -0.05) is 48.0 Å². The number of hydrogen-bond donors (Lipinski definition) is 1. The lowest BCUT2D eigenvalue weighted by molar-refractivity contribution is -0.120. The molecule has 22 heavy (non-hydrogen) atoms. The Labute approximate surface area is 136 Å². The fourth-order valence-electron chi connectivity index (χ4n) is 3.15. The number of amides is 1. The summed E-state index contributed by atoms with van der Waals surface area (Å²) in [6, 6.07) is 16.0. The second-order valence-corrected chi connectivity index (χ2v) is 6.33. The first-order valence-electron chi connectivity index (χ1n) is 7.81. The van der Waals surface area contributed by atoms with Crippen molar-refractivity contribution in [2.75, 3.05) is 6.54 Å². The molecule has 1 amide bonds. The lowest BCUT2D eigenvalue weighted by atomic mass is 9.83. The average molecular weight is 314 g/mol. The highest BCUT2D eigenvalue weighted by Crippen LogP contribution is 2.30. The monoisotopic (exact) mass is 313 g/mol. The second kappa shape index (κ2) is 6.97. The molecule has 0 bridgehead atoms. The highest BCUT2D eigenvalue weighted by molar-refractivity contribution is 6.30. The van der Waals surface area contributed by atoms with E-state index in [1.807, 2.05) is 24.3 Å². The largest absolute Gasteiger partial charge is 0.355 e. The molecule has 2 nitrogen and oxygen atoms in total. The fraction of sp³-hybridized carbons (Fsp3) is 0.316. The smallest absolute Gasteiger partial charge is 0.224 e. The molecular weight excluding hydrogens is 294 g/mol. The molecule has 0 heterocycles. The number of carbonyl (C=O) groups is 1. The van der Waals surface area contributed by atoms with Crippen molar-refractivity contribution in [1.29, 1.82) is 0 Å². The Morgan fingerprint density at radius 3 is 2.73 bits per heavy atom. The van der Waals surface area contributed by atoms with Crippen molar-refractivity contribution >= 4 is 17.5 Å². The fourth-order valence-corrected chi connectivity index (χ4v) is 3.28. The molecule has 0 spiro atoms. The summed E-state index contributed by atoms with van der Waals surface area (Å²) < 4.78 is 0. The van der Waals surface area contributed by atoms with E-state index < -0.39 is 0 Å². The van der Waals surface area contributed by atoms with Crippen molar-refractivity contribution in [2.45, 2.75) is 31.6 Å². The van der Waals surface area contributed by atoms with E-state index in [1.165, 1.54) is 17.5 Å². The maximum absolute atomic E-state index is 12.1. The average Bonchev–Trinajstić information content (AvgIpc) is 2.55. The van der Waals surface area contributed by atoms with Gasteiger partial charge in [0.1, 0.15) is 0 Å². The maximum Gasteiger partial charge on any atom is 0.224 e. The number of rotatable bonds is 4. The lowest BCUT2D eigenvalue weighted by Crippen LogP contribution is -2.31. The van der Waals surface area contributed by atoms with Gasteiger partial charge < -0.3 is 5.32 Å². The number of carbonyl (C=O) groups excluding carboxylic acids is 1. The highest BCUT2D eigenvalue weighted by atomic mass is 35.5. The lowest BCUT2D eigenvalue weighted by Gasteiger charge is -2.25. The number of fused-ring (bicyclic) bond motifs is 1. The van der Waals surface area contributed by atoms with Gasteiger partial charge in [-0.05, 0) is 48.1 Å². The van der Waals surface area contributed by atoms with Gasteiger partial charge in [0, 0.05) is 17.5 Å². The van der Waals surface area contributed by atoms with Crippen LogP contribution in [0.3, 0.4) is 0 Å². The van der Waals surface area contributed by atoms with Crippen LogP contribution < -0.4 is 5.32 Å². The first-order valence-corrected chi connectivity index (χ1v) is 8.19. The molecule has 1 N–H and O–H groups in total. The molecule has 0 fully saturated rings. The van der Waals surface area contributed by atoms with Gasteiger partial charge in [0.05, 0.1) is 6.42 Å².